The van der Waals surface area contributed by atoms with Gasteiger partial charge in [-0.1, -0.05) is 22.6 Å². The van der Waals surface area contributed by atoms with Gasteiger partial charge in [-0.2, -0.15) is 13.2 Å². The molecule has 0 saturated heterocycles. The maximum Gasteiger partial charge on any atom is 0.417 e. The summed E-state index contributed by atoms with van der Waals surface area (Å²) in [5.74, 6) is 0.710. The normalized spacial score (nSPS) is 17.1. The molecule has 0 fully saturated rings. The van der Waals surface area contributed by atoms with E-state index >= 15 is 0 Å². The van der Waals surface area contributed by atoms with E-state index in [0.717, 1.165) is 17.2 Å². The molecule has 1 atom stereocenters. The SMILES string of the molecule is CC(CI)N1CCc2cc(C(F)(F)F)cnc21. The molecule has 1 aromatic rings. The van der Waals surface area contributed by atoms with Crippen molar-refractivity contribution in [3.8, 4) is 0 Å². The molecule has 2 rings (SSSR count). The van der Waals surface area contributed by atoms with Crippen LogP contribution in [0.15, 0.2) is 12.3 Å². The Morgan fingerprint density at radius 1 is 1.53 bits per heavy atom. The van der Waals surface area contributed by atoms with Gasteiger partial charge < -0.3 is 4.90 Å². The molecule has 0 saturated carbocycles. The lowest BCUT2D eigenvalue weighted by molar-refractivity contribution is -0.137. The Bertz CT molecular complexity index is 420. The van der Waals surface area contributed by atoms with Crippen LogP contribution in [-0.2, 0) is 12.6 Å². The summed E-state index contributed by atoms with van der Waals surface area (Å²) in [6, 6.07) is 1.53. The highest BCUT2D eigenvalue weighted by Crippen LogP contribution is 2.34. The van der Waals surface area contributed by atoms with Crippen molar-refractivity contribution in [3.05, 3.63) is 23.4 Å². The molecular weight excluding hydrogens is 344 g/mol. The van der Waals surface area contributed by atoms with Crippen molar-refractivity contribution < 1.29 is 13.2 Å². The molecule has 1 aromatic heterocycles. The molecule has 94 valence electrons. The fraction of sp³-hybridized carbons (Fsp3) is 0.545. The average Bonchev–Trinajstić information content (AvgIpc) is 2.69. The number of anilines is 1. The van der Waals surface area contributed by atoms with Gasteiger partial charge in [0.05, 0.1) is 5.56 Å². The highest BCUT2D eigenvalue weighted by molar-refractivity contribution is 14.1. The zero-order valence-electron chi connectivity index (χ0n) is 9.26. The molecule has 0 radical (unpaired) electrons. The zero-order chi connectivity index (χ0) is 12.6. The lowest BCUT2D eigenvalue weighted by Crippen LogP contribution is -2.32. The summed E-state index contributed by atoms with van der Waals surface area (Å²) in [6.45, 7) is 2.81. The van der Waals surface area contributed by atoms with Crippen LogP contribution in [0, 0.1) is 0 Å². The van der Waals surface area contributed by atoms with E-state index < -0.39 is 11.7 Å². The van der Waals surface area contributed by atoms with E-state index in [1.807, 2.05) is 0 Å². The van der Waals surface area contributed by atoms with Crippen LogP contribution < -0.4 is 4.90 Å². The molecular formula is C11H12F3IN2. The first-order valence-corrected chi connectivity index (χ1v) is 6.84. The van der Waals surface area contributed by atoms with Crippen LogP contribution in [0.25, 0.3) is 0 Å². The lowest BCUT2D eigenvalue weighted by atomic mass is 10.1. The standard InChI is InChI=1S/C11H12F3IN2/c1-7(5-15)17-3-2-8-4-9(11(12,13)14)6-16-10(8)17/h4,6-7H,2-3,5H2,1H3. The molecule has 0 aromatic carbocycles. The minimum Gasteiger partial charge on any atom is -0.353 e. The second-order valence-corrected chi connectivity index (χ2v) is 5.03. The van der Waals surface area contributed by atoms with Crippen molar-refractivity contribution in [1.29, 1.82) is 0 Å². The maximum atomic E-state index is 12.5. The summed E-state index contributed by atoms with van der Waals surface area (Å²) in [7, 11) is 0. The van der Waals surface area contributed by atoms with Crippen molar-refractivity contribution in [3.63, 3.8) is 0 Å². The largest absolute Gasteiger partial charge is 0.417 e. The van der Waals surface area contributed by atoms with Gasteiger partial charge in [-0.25, -0.2) is 4.98 Å². The fourth-order valence-electron chi connectivity index (χ4n) is 1.96. The molecule has 1 aliphatic rings. The monoisotopic (exact) mass is 356 g/mol. The predicted molar refractivity (Wildman–Crippen MR) is 68.6 cm³/mol. The Morgan fingerprint density at radius 2 is 2.24 bits per heavy atom. The highest BCUT2D eigenvalue weighted by atomic mass is 127. The van der Waals surface area contributed by atoms with E-state index in [1.54, 1.807) is 0 Å². The van der Waals surface area contributed by atoms with Crippen LogP contribution in [0.5, 0.6) is 0 Å². The average molecular weight is 356 g/mol. The van der Waals surface area contributed by atoms with E-state index in [9.17, 15) is 13.2 Å². The van der Waals surface area contributed by atoms with Crippen molar-refractivity contribution in [2.75, 3.05) is 15.9 Å². The molecule has 1 aliphatic heterocycles. The van der Waals surface area contributed by atoms with Gasteiger partial charge in [-0.15, -0.1) is 0 Å². The van der Waals surface area contributed by atoms with Crippen LogP contribution in [0.2, 0.25) is 0 Å². The number of hydrogen-bond donors (Lipinski definition) is 0. The van der Waals surface area contributed by atoms with Crippen molar-refractivity contribution in [2.24, 2.45) is 0 Å². The van der Waals surface area contributed by atoms with E-state index in [1.165, 1.54) is 6.07 Å². The Morgan fingerprint density at radius 3 is 2.82 bits per heavy atom. The molecule has 0 spiro atoms. The molecule has 0 bridgehead atoms. The first-order chi connectivity index (χ1) is 7.93. The smallest absolute Gasteiger partial charge is 0.353 e. The molecule has 0 N–H and O–H groups in total. The van der Waals surface area contributed by atoms with Gasteiger partial charge in [0.2, 0.25) is 0 Å². The van der Waals surface area contributed by atoms with Gasteiger partial charge in [0.25, 0.3) is 0 Å². The predicted octanol–water partition coefficient (Wildman–Crippen LogP) is 3.29. The number of rotatable bonds is 2. The Balaban J connectivity index is 2.32. The van der Waals surface area contributed by atoms with E-state index in [-0.39, 0.29) is 0 Å². The molecule has 0 aliphatic carbocycles. The second kappa shape index (κ2) is 4.62. The summed E-state index contributed by atoms with van der Waals surface area (Å²) in [4.78, 5) is 6.05. The van der Waals surface area contributed by atoms with Crippen LogP contribution in [0.4, 0.5) is 19.0 Å². The van der Waals surface area contributed by atoms with Crippen LogP contribution in [-0.4, -0.2) is 22.0 Å². The van der Waals surface area contributed by atoms with Gasteiger partial charge in [-0.3, -0.25) is 0 Å². The summed E-state index contributed by atoms with van der Waals surface area (Å²) in [5, 5.41) is 0. The number of pyridine rings is 1. The quantitative estimate of drug-likeness (QED) is 0.597. The lowest BCUT2D eigenvalue weighted by Gasteiger charge is -2.24. The van der Waals surface area contributed by atoms with Crippen molar-refractivity contribution >= 4 is 28.4 Å². The Hall–Kier alpha value is -0.530. The fourth-order valence-corrected chi connectivity index (χ4v) is 2.44. The number of hydrogen-bond acceptors (Lipinski definition) is 2. The van der Waals surface area contributed by atoms with Crippen molar-refractivity contribution in [1.82, 2.24) is 4.98 Å². The van der Waals surface area contributed by atoms with Crippen LogP contribution in [0.1, 0.15) is 18.1 Å². The third-order valence-corrected chi connectivity index (χ3v) is 4.19. The minimum atomic E-state index is -4.30. The minimum absolute atomic E-state index is 0.307. The first-order valence-electron chi connectivity index (χ1n) is 5.32. The van der Waals surface area contributed by atoms with Gasteiger partial charge >= 0.3 is 6.18 Å². The van der Waals surface area contributed by atoms with Gasteiger partial charge in [0.15, 0.2) is 0 Å². The Kier molecular flexibility index (Phi) is 3.51. The third-order valence-electron chi connectivity index (χ3n) is 2.92. The molecule has 1 unspecified atom stereocenters. The second-order valence-electron chi connectivity index (χ2n) is 4.15. The molecule has 17 heavy (non-hydrogen) atoms. The molecule has 2 nitrogen and oxygen atoms in total. The third kappa shape index (κ3) is 2.51. The maximum absolute atomic E-state index is 12.5. The van der Waals surface area contributed by atoms with Crippen LogP contribution in [0.3, 0.4) is 0 Å². The number of aromatic nitrogens is 1. The van der Waals surface area contributed by atoms with E-state index in [0.29, 0.717) is 23.8 Å². The summed E-state index contributed by atoms with van der Waals surface area (Å²) in [6.07, 6.45) is -2.73. The number of fused-ring (bicyclic) bond motifs is 1. The Labute approximate surface area is 111 Å². The first kappa shape index (κ1) is 12.9. The highest BCUT2D eigenvalue weighted by Gasteiger charge is 2.33. The van der Waals surface area contributed by atoms with Crippen LogP contribution >= 0.6 is 22.6 Å². The number of halogens is 4. The number of alkyl halides is 4. The summed E-state index contributed by atoms with van der Waals surface area (Å²) >= 11 is 2.27. The summed E-state index contributed by atoms with van der Waals surface area (Å²) < 4.78 is 38.5. The van der Waals surface area contributed by atoms with E-state index in [2.05, 4.69) is 39.4 Å². The summed E-state index contributed by atoms with van der Waals surface area (Å²) in [5.41, 5.74) is 0.0525. The van der Waals surface area contributed by atoms with Gasteiger partial charge in [0, 0.05) is 23.2 Å². The number of nitrogens with zero attached hydrogens (tertiary/aromatic N) is 2. The van der Waals surface area contributed by atoms with Gasteiger partial charge in [0.1, 0.15) is 5.82 Å². The zero-order valence-corrected chi connectivity index (χ0v) is 11.4. The topological polar surface area (TPSA) is 16.1 Å². The molecule has 0 amide bonds. The molecule has 6 heteroatoms. The van der Waals surface area contributed by atoms with Crippen molar-refractivity contribution in [2.45, 2.75) is 25.6 Å². The molecule has 2 heterocycles. The van der Waals surface area contributed by atoms with Gasteiger partial charge in [-0.05, 0) is 25.0 Å². The van der Waals surface area contributed by atoms with E-state index in [4.69, 9.17) is 0 Å².